The van der Waals surface area contributed by atoms with Crippen molar-refractivity contribution in [3.63, 3.8) is 0 Å². The van der Waals surface area contributed by atoms with Crippen molar-refractivity contribution in [1.82, 2.24) is 20.0 Å². The van der Waals surface area contributed by atoms with E-state index in [1.54, 1.807) is 36.0 Å². The Morgan fingerprint density at radius 3 is 2.39 bits per heavy atom. The van der Waals surface area contributed by atoms with Gasteiger partial charge in [0.05, 0.1) is 6.26 Å². The van der Waals surface area contributed by atoms with E-state index in [0.717, 1.165) is 5.96 Å². The number of nitrogens with one attached hydrogen (secondary N) is 1. The molecule has 1 unspecified atom stereocenters. The predicted octanol–water partition coefficient (Wildman–Crippen LogP) is 2.73. The van der Waals surface area contributed by atoms with Crippen LogP contribution in [0, 0.1) is 5.92 Å². The van der Waals surface area contributed by atoms with Crippen molar-refractivity contribution in [3.8, 4) is 0 Å². The molecule has 9 nitrogen and oxygen atoms in total. The zero-order valence-corrected chi connectivity index (χ0v) is 21.7. The second kappa shape index (κ2) is 12.2. The third-order valence-corrected chi connectivity index (χ3v) is 4.71. The van der Waals surface area contributed by atoms with Crippen LogP contribution >= 0.6 is 24.0 Å². The molecule has 31 heavy (non-hydrogen) atoms. The van der Waals surface area contributed by atoms with Gasteiger partial charge in [0.2, 0.25) is 0 Å². The molecule has 1 aliphatic rings. The third-order valence-electron chi connectivity index (χ3n) is 4.71. The van der Waals surface area contributed by atoms with Crippen molar-refractivity contribution in [3.05, 3.63) is 24.2 Å². The summed E-state index contributed by atoms with van der Waals surface area (Å²) in [6.45, 7) is 11.5. The number of aliphatic imine (C=N–C) groups is 1. The summed E-state index contributed by atoms with van der Waals surface area (Å²) in [4.78, 5) is 34.4. The first-order valence-corrected chi connectivity index (χ1v) is 10.3. The number of piperazine rings is 1. The molecule has 0 saturated carbocycles. The Labute approximate surface area is 202 Å². The molecular weight excluding hydrogens is 513 g/mol. The minimum absolute atomic E-state index is 0. The quantitative estimate of drug-likeness (QED) is 0.345. The number of hydrogen-bond donors (Lipinski definition) is 1. The molecule has 176 valence electrons. The van der Waals surface area contributed by atoms with Crippen LogP contribution < -0.4 is 5.32 Å². The molecule has 1 aromatic heterocycles. The van der Waals surface area contributed by atoms with Crippen molar-refractivity contribution >= 4 is 41.9 Å². The van der Waals surface area contributed by atoms with Crippen LogP contribution in [0.4, 0.5) is 4.79 Å². The van der Waals surface area contributed by atoms with Gasteiger partial charge in [0, 0.05) is 53.4 Å². The number of ether oxygens (including phenoxy) is 1. The number of amides is 2. The second-order valence-corrected chi connectivity index (χ2v) is 8.65. The minimum atomic E-state index is -0.505. The molecule has 0 aliphatic carbocycles. The zero-order chi connectivity index (χ0) is 22.3. The molecule has 2 amide bonds. The Kier molecular flexibility index (Phi) is 10.6. The standard InChI is InChI=1S/C21H35N5O4.HI/c1-16(15-24(6)20(28)30-21(2,3)4)14-23-19(22-5)26-11-9-25(10-12-26)18(27)17-8-7-13-29-17;/h7-8,13,16H,9-12,14-15H2,1-6H3,(H,22,23);1H. The van der Waals surface area contributed by atoms with E-state index in [9.17, 15) is 9.59 Å². The molecule has 0 spiro atoms. The van der Waals surface area contributed by atoms with E-state index in [-0.39, 0.29) is 41.9 Å². The largest absolute Gasteiger partial charge is 0.459 e. The van der Waals surface area contributed by atoms with Crippen LogP contribution in [0.15, 0.2) is 27.8 Å². The summed E-state index contributed by atoms with van der Waals surface area (Å²) >= 11 is 0. The van der Waals surface area contributed by atoms with E-state index in [0.29, 0.717) is 45.0 Å². The zero-order valence-electron chi connectivity index (χ0n) is 19.4. The number of carbonyl (C=O) groups excluding carboxylic acids is 2. The fourth-order valence-corrected chi connectivity index (χ4v) is 3.22. The Morgan fingerprint density at radius 1 is 1.26 bits per heavy atom. The van der Waals surface area contributed by atoms with Gasteiger partial charge in [-0.2, -0.15) is 0 Å². The van der Waals surface area contributed by atoms with Crippen LogP contribution in [-0.2, 0) is 4.74 Å². The lowest BCUT2D eigenvalue weighted by Crippen LogP contribution is -2.54. The van der Waals surface area contributed by atoms with Crippen molar-refractivity contribution in [2.75, 3.05) is 53.4 Å². The highest BCUT2D eigenvalue weighted by Gasteiger charge is 2.25. The molecule has 1 atom stereocenters. The van der Waals surface area contributed by atoms with Crippen molar-refractivity contribution in [1.29, 1.82) is 0 Å². The van der Waals surface area contributed by atoms with Gasteiger partial charge in [-0.3, -0.25) is 9.79 Å². The minimum Gasteiger partial charge on any atom is -0.459 e. The smallest absolute Gasteiger partial charge is 0.410 e. The number of carbonyl (C=O) groups is 2. The van der Waals surface area contributed by atoms with E-state index in [2.05, 4.69) is 22.1 Å². The Morgan fingerprint density at radius 2 is 1.87 bits per heavy atom. The lowest BCUT2D eigenvalue weighted by atomic mass is 10.1. The average Bonchev–Trinajstić information content (AvgIpc) is 3.21. The lowest BCUT2D eigenvalue weighted by molar-refractivity contribution is 0.0277. The monoisotopic (exact) mass is 549 g/mol. The summed E-state index contributed by atoms with van der Waals surface area (Å²) in [7, 11) is 3.49. The molecule has 10 heteroatoms. The van der Waals surface area contributed by atoms with Gasteiger partial charge in [-0.15, -0.1) is 24.0 Å². The number of hydrogen-bond acceptors (Lipinski definition) is 5. The highest BCUT2D eigenvalue weighted by molar-refractivity contribution is 14.0. The van der Waals surface area contributed by atoms with Crippen molar-refractivity contribution in [2.45, 2.75) is 33.3 Å². The van der Waals surface area contributed by atoms with Gasteiger partial charge in [0.1, 0.15) is 5.60 Å². The van der Waals surface area contributed by atoms with Crippen LogP contribution in [0.2, 0.25) is 0 Å². The fraction of sp³-hybridized carbons (Fsp3) is 0.667. The van der Waals surface area contributed by atoms with Gasteiger partial charge in [-0.05, 0) is 38.8 Å². The average molecular weight is 549 g/mol. The second-order valence-electron chi connectivity index (χ2n) is 8.65. The van der Waals surface area contributed by atoms with Gasteiger partial charge >= 0.3 is 6.09 Å². The summed E-state index contributed by atoms with van der Waals surface area (Å²) in [6, 6.07) is 3.40. The lowest BCUT2D eigenvalue weighted by Gasteiger charge is -2.36. The number of nitrogens with zero attached hydrogens (tertiary/aromatic N) is 4. The maximum Gasteiger partial charge on any atom is 0.410 e. The van der Waals surface area contributed by atoms with Crippen LogP contribution in [0.3, 0.4) is 0 Å². The maximum atomic E-state index is 12.4. The van der Waals surface area contributed by atoms with Gasteiger partial charge in [0.15, 0.2) is 11.7 Å². The highest BCUT2D eigenvalue weighted by Crippen LogP contribution is 2.11. The first-order valence-electron chi connectivity index (χ1n) is 10.3. The molecule has 2 rings (SSSR count). The normalized spacial score (nSPS) is 15.7. The summed E-state index contributed by atoms with van der Waals surface area (Å²) < 4.78 is 10.6. The number of furan rings is 1. The van der Waals surface area contributed by atoms with Crippen LogP contribution in [-0.4, -0.2) is 91.6 Å². The number of guanidine groups is 1. The molecule has 1 saturated heterocycles. The van der Waals surface area contributed by atoms with Gasteiger partial charge in [0.25, 0.3) is 5.91 Å². The number of halogens is 1. The fourth-order valence-electron chi connectivity index (χ4n) is 3.22. The predicted molar refractivity (Wildman–Crippen MR) is 131 cm³/mol. The van der Waals surface area contributed by atoms with E-state index < -0.39 is 5.60 Å². The Balaban J connectivity index is 0.00000480. The maximum absolute atomic E-state index is 12.4. The van der Waals surface area contributed by atoms with E-state index in [1.165, 1.54) is 6.26 Å². The molecular formula is C21H36IN5O4. The summed E-state index contributed by atoms with van der Waals surface area (Å²) in [5.41, 5.74) is -0.505. The molecule has 1 fully saturated rings. The summed E-state index contributed by atoms with van der Waals surface area (Å²) in [5, 5.41) is 3.38. The molecule has 2 heterocycles. The molecule has 0 bridgehead atoms. The van der Waals surface area contributed by atoms with Gasteiger partial charge in [-0.25, -0.2) is 4.79 Å². The molecule has 0 aromatic carbocycles. The Hall–Kier alpha value is -1.98. The summed E-state index contributed by atoms with van der Waals surface area (Å²) in [6.07, 6.45) is 1.19. The molecule has 0 radical (unpaired) electrons. The topological polar surface area (TPSA) is 90.6 Å². The number of rotatable bonds is 5. The van der Waals surface area contributed by atoms with Gasteiger partial charge < -0.3 is 29.2 Å². The molecule has 1 aromatic rings. The van der Waals surface area contributed by atoms with Crippen LogP contribution in [0.1, 0.15) is 38.2 Å². The first-order chi connectivity index (χ1) is 14.1. The Bertz CT molecular complexity index is 725. The summed E-state index contributed by atoms with van der Waals surface area (Å²) in [5.74, 6) is 1.29. The van der Waals surface area contributed by atoms with Gasteiger partial charge in [-0.1, -0.05) is 6.92 Å². The van der Waals surface area contributed by atoms with E-state index in [1.807, 2.05) is 20.8 Å². The van der Waals surface area contributed by atoms with E-state index in [4.69, 9.17) is 9.15 Å². The van der Waals surface area contributed by atoms with Crippen LogP contribution in [0.5, 0.6) is 0 Å². The van der Waals surface area contributed by atoms with Crippen molar-refractivity contribution < 1.29 is 18.7 Å². The van der Waals surface area contributed by atoms with Crippen molar-refractivity contribution in [2.24, 2.45) is 10.9 Å². The van der Waals surface area contributed by atoms with Crippen LogP contribution in [0.25, 0.3) is 0 Å². The first kappa shape index (κ1) is 27.1. The highest BCUT2D eigenvalue weighted by atomic mass is 127. The van der Waals surface area contributed by atoms with E-state index >= 15 is 0 Å². The SMILES string of the molecule is CN=C(NCC(C)CN(C)C(=O)OC(C)(C)C)N1CCN(C(=O)c2ccco2)CC1.I. The third kappa shape index (κ3) is 8.58. The molecule has 1 aliphatic heterocycles. The molecule has 1 N–H and O–H groups in total.